The van der Waals surface area contributed by atoms with Crippen LogP contribution in [0.25, 0.3) is 88.0 Å². The first kappa shape index (κ1) is 34.9. The lowest BCUT2D eigenvalue weighted by Gasteiger charge is -2.25. The molecule has 0 atom stereocenters. The standard InChI is InChI=1S/C58H39N3/c1-3-17-48(18-4-1)59(49-19-5-2-6-20-49)52-35-36-56-54(39-52)58-57(61(56)51-33-29-43(30-34-51)47-26-24-41-14-8-10-16-45(41)38-47)53-21-11-12-22-55(53)60(58)50-31-27-42(28-32-50)46-25-23-40-13-7-9-15-44(40)37-46/h1-39H. The second-order valence-electron chi connectivity index (χ2n) is 15.8. The second-order valence-corrected chi connectivity index (χ2v) is 15.8. The minimum absolute atomic E-state index is 1.10. The van der Waals surface area contributed by atoms with Crippen LogP contribution in [0.15, 0.2) is 237 Å². The molecule has 0 N–H and O–H groups in total. The molecule has 0 aliphatic heterocycles. The number of benzene rings is 10. The Morgan fingerprint density at radius 3 is 1.23 bits per heavy atom. The predicted octanol–water partition coefficient (Wildman–Crippen LogP) is 15.8. The van der Waals surface area contributed by atoms with Gasteiger partial charge in [0.25, 0.3) is 0 Å². The van der Waals surface area contributed by atoms with Gasteiger partial charge in [0.05, 0.1) is 22.1 Å². The van der Waals surface area contributed by atoms with Gasteiger partial charge in [0.1, 0.15) is 0 Å². The molecule has 0 fully saturated rings. The highest BCUT2D eigenvalue weighted by molar-refractivity contribution is 6.20. The number of aromatic nitrogens is 2. The SMILES string of the molecule is c1ccc(N(c2ccccc2)c2ccc3c(c2)c2c(c4ccccc4n2-c2ccc(-c4ccc5ccccc5c4)cc2)n3-c2ccc(-c3ccc4ccccc4c3)cc2)cc1. The molecule has 12 rings (SSSR count). The number of hydrogen-bond acceptors (Lipinski definition) is 1. The molecule has 0 saturated heterocycles. The van der Waals surface area contributed by atoms with Gasteiger partial charge < -0.3 is 14.0 Å². The molecule has 2 aromatic heterocycles. The van der Waals surface area contributed by atoms with Gasteiger partial charge in [-0.1, -0.05) is 152 Å². The molecule has 0 radical (unpaired) electrons. The van der Waals surface area contributed by atoms with E-state index in [1.165, 1.54) is 71.1 Å². The maximum Gasteiger partial charge on any atom is 0.0804 e. The van der Waals surface area contributed by atoms with E-state index in [2.05, 4.69) is 251 Å². The Bertz CT molecular complexity index is 3400. The highest BCUT2D eigenvalue weighted by atomic mass is 15.1. The molecule has 61 heavy (non-hydrogen) atoms. The molecule has 3 heteroatoms. The van der Waals surface area contributed by atoms with Crippen LogP contribution in [0.3, 0.4) is 0 Å². The van der Waals surface area contributed by atoms with E-state index in [0.29, 0.717) is 0 Å². The van der Waals surface area contributed by atoms with Crippen LogP contribution >= 0.6 is 0 Å². The molecule has 0 saturated carbocycles. The van der Waals surface area contributed by atoms with Gasteiger partial charge in [-0.15, -0.1) is 0 Å². The van der Waals surface area contributed by atoms with Crippen LogP contribution in [0.4, 0.5) is 17.1 Å². The molecule has 10 aromatic carbocycles. The summed E-state index contributed by atoms with van der Waals surface area (Å²) in [6.45, 7) is 0. The topological polar surface area (TPSA) is 13.1 Å². The Balaban J connectivity index is 1.08. The van der Waals surface area contributed by atoms with Crippen LogP contribution in [-0.4, -0.2) is 9.13 Å². The third-order valence-corrected chi connectivity index (χ3v) is 12.3. The zero-order chi connectivity index (χ0) is 40.3. The molecule has 2 heterocycles. The lowest BCUT2D eigenvalue weighted by molar-refractivity contribution is 1.17. The van der Waals surface area contributed by atoms with Gasteiger partial charge >= 0.3 is 0 Å². The molecule has 0 spiro atoms. The van der Waals surface area contributed by atoms with Crippen molar-refractivity contribution in [2.45, 2.75) is 0 Å². The molecule has 0 aliphatic rings. The molecule has 3 nitrogen and oxygen atoms in total. The third-order valence-electron chi connectivity index (χ3n) is 12.3. The van der Waals surface area contributed by atoms with E-state index in [1.807, 2.05) is 0 Å². The fourth-order valence-electron chi connectivity index (χ4n) is 9.35. The lowest BCUT2D eigenvalue weighted by Crippen LogP contribution is -2.09. The minimum atomic E-state index is 1.10. The van der Waals surface area contributed by atoms with Crippen molar-refractivity contribution in [2.75, 3.05) is 4.90 Å². The number of nitrogens with zero attached hydrogens (tertiary/aromatic N) is 3. The van der Waals surface area contributed by atoms with Crippen molar-refractivity contribution in [1.82, 2.24) is 9.13 Å². The third kappa shape index (κ3) is 5.90. The number of fused-ring (bicyclic) bond motifs is 7. The number of para-hydroxylation sites is 3. The first-order valence-electron chi connectivity index (χ1n) is 20.9. The van der Waals surface area contributed by atoms with Crippen LogP contribution in [0.1, 0.15) is 0 Å². The maximum atomic E-state index is 2.47. The van der Waals surface area contributed by atoms with E-state index in [-0.39, 0.29) is 0 Å². The Morgan fingerprint density at radius 1 is 0.262 bits per heavy atom. The van der Waals surface area contributed by atoms with E-state index in [0.717, 1.165) is 34.0 Å². The number of anilines is 3. The van der Waals surface area contributed by atoms with Crippen molar-refractivity contribution in [2.24, 2.45) is 0 Å². The lowest BCUT2D eigenvalue weighted by atomic mass is 10.0. The zero-order valence-electron chi connectivity index (χ0n) is 33.4. The van der Waals surface area contributed by atoms with Crippen LogP contribution in [0.5, 0.6) is 0 Å². The molecule has 0 aliphatic carbocycles. The van der Waals surface area contributed by atoms with Crippen molar-refractivity contribution in [1.29, 1.82) is 0 Å². The molecule has 12 aromatic rings. The summed E-state index contributed by atoms with van der Waals surface area (Å²) in [6.07, 6.45) is 0. The van der Waals surface area contributed by atoms with Gasteiger partial charge in [-0.25, -0.2) is 0 Å². The van der Waals surface area contributed by atoms with E-state index >= 15 is 0 Å². The van der Waals surface area contributed by atoms with E-state index in [4.69, 9.17) is 0 Å². The average molecular weight is 778 g/mol. The van der Waals surface area contributed by atoms with Crippen molar-refractivity contribution in [3.63, 3.8) is 0 Å². The summed E-state index contributed by atoms with van der Waals surface area (Å²) in [6, 6.07) is 85.9. The van der Waals surface area contributed by atoms with E-state index < -0.39 is 0 Å². The maximum absolute atomic E-state index is 2.47. The Hall–Kier alpha value is -8.14. The van der Waals surface area contributed by atoms with Crippen molar-refractivity contribution < 1.29 is 0 Å². The predicted molar refractivity (Wildman–Crippen MR) is 258 cm³/mol. The normalized spacial score (nSPS) is 11.6. The van der Waals surface area contributed by atoms with Crippen molar-refractivity contribution in [3.8, 4) is 33.6 Å². The molecule has 0 amide bonds. The molecule has 286 valence electrons. The monoisotopic (exact) mass is 777 g/mol. The van der Waals surface area contributed by atoms with Crippen molar-refractivity contribution in [3.05, 3.63) is 237 Å². The Kier molecular flexibility index (Phi) is 8.17. The van der Waals surface area contributed by atoms with Crippen LogP contribution in [0, 0.1) is 0 Å². The van der Waals surface area contributed by atoms with Gasteiger partial charge in [0.15, 0.2) is 0 Å². The van der Waals surface area contributed by atoms with Gasteiger partial charge in [0, 0.05) is 39.2 Å². The fraction of sp³-hybridized carbons (Fsp3) is 0. The van der Waals surface area contributed by atoms with Crippen LogP contribution < -0.4 is 4.90 Å². The van der Waals surface area contributed by atoms with Gasteiger partial charge in [0.2, 0.25) is 0 Å². The highest BCUT2D eigenvalue weighted by Crippen LogP contribution is 2.44. The van der Waals surface area contributed by atoms with Crippen LogP contribution in [0.2, 0.25) is 0 Å². The summed E-state index contributed by atoms with van der Waals surface area (Å²) in [5.41, 5.74) is 15.1. The highest BCUT2D eigenvalue weighted by Gasteiger charge is 2.24. The summed E-state index contributed by atoms with van der Waals surface area (Å²) in [7, 11) is 0. The van der Waals surface area contributed by atoms with Crippen molar-refractivity contribution >= 4 is 71.4 Å². The first-order chi connectivity index (χ1) is 30.2. The molecule has 0 unspecified atom stereocenters. The van der Waals surface area contributed by atoms with Crippen LogP contribution in [-0.2, 0) is 0 Å². The minimum Gasteiger partial charge on any atom is -0.310 e. The largest absolute Gasteiger partial charge is 0.310 e. The summed E-state index contributed by atoms with van der Waals surface area (Å²) in [5, 5.41) is 7.38. The quantitative estimate of drug-likeness (QED) is 0.157. The van der Waals surface area contributed by atoms with Gasteiger partial charge in [-0.3, -0.25) is 0 Å². The van der Waals surface area contributed by atoms with Gasteiger partial charge in [-0.05, 0) is 129 Å². The summed E-state index contributed by atoms with van der Waals surface area (Å²) < 4.78 is 4.94. The summed E-state index contributed by atoms with van der Waals surface area (Å²) in [5.74, 6) is 0. The van der Waals surface area contributed by atoms with E-state index in [9.17, 15) is 0 Å². The smallest absolute Gasteiger partial charge is 0.0804 e. The Labute approximate surface area is 354 Å². The molecular weight excluding hydrogens is 739 g/mol. The molecular formula is C58H39N3. The number of hydrogen-bond donors (Lipinski definition) is 0. The van der Waals surface area contributed by atoms with E-state index in [1.54, 1.807) is 0 Å². The second kappa shape index (κ2) is 14.3. The average Bonchev–Trinajstić information content (AvgIpc) is 3.84. The summed E-state index contributed by atoms with van der Waals surface area (Å²) >= 11 is 0. The zero-order valence-corrected chi connectivity index (χ0v) is 33.4. The summed E-state index contributed by atoms with van der Waals surface area (Å²) in [4.78, 5) is 2.35. The molecule has 0 bridgehead atoms. The Morgan fingerprint density at radius 2 is 0.689 bits per heavy atom. The first-order valence-corrected chi connectivity index (χ1v) is 20.9. The fourth-order valence-corrected chi connectivity index (χ4v) is 9.35. The van der Waals surface area contributed by atoms with Gasteiger partial charge in [-0.2, -0.15) is 0 Å². The number of rotatable bonds is 7.